The largest absolute Gasteiger partial charge is 0.378 e. The minimum Gasteiger partial charge on any atom is -0.378 e. The fourth-order valence-corrected chi connectivity index (χ4v) is 6.41. The zero-order valence-corrected chi connectivity index (χ0v) is 24.0. The number of aromatic nitrogens is 2. The second-order valence-electron chi connectivity index (χ2n) is 10.2. The summed E-state index contributed by atoms with van der Waals surface area (Å²) >= 11 is 12.5. The van der Waals surface area contributed by atoms with Gasteiger partial charge in [-0.1, -0.05) is 23.7 Å². The highest BCUT2D eigenvalue weighted by atomic mass is 35.5. The Morgan fingerprint density at radius 1 is 0.949 bits per heavy atom. The highest BCUT2D eigenvalue weighted by molar-refractivity contribution is 7.80. The lowest BCUT2D eigenvalue weighted by molar-refractivity contribution is 0.122. The number of anilines is 2. The van der Waals surface area contributed by atoms with E-state index in [2.05, 4.69) is 82.9 Å². The summed E-state index contributed by atoms with van der Waals surface area (Å²) in [7, 11) is 0. The van der Waals surface area contributed by atoms with Crippen molar-refractivity contribution in [3.8, 4) is 5.69 Å². The molecule has 8 heteroatoms. The molecule has 0 spiro atoms. The summed E-state index contributed by atoms with van der Waals surface area (Å²) in [6.07, 6.45) is 1.84. The van der Waals surface area contributed by atoms with Crippen LogP contribution < -0.4 is 15.1 Å². The lowest BCUT2D eigenvalue weighted by atomic mass is 9.96. The smallest absolute Gasteiger partial charge is 0.174 e. The molecule has 2 aliphatic rings. The van der Waals surface area contributed by atoms with E-state index < -0.39 is 0 Å². The van der Waals surface area contributed by atoms with Crippen molar-refractivity contribution in [2.75, 3.05) is 36.1 Å². The van der Waals surface area contributed by atoms with Gasteiger partial charge in [0.1, 0.15) is 0 Å². The van der Waals surface area contributed by atoms with Crippen molar-refractivity contribution in [3.05, 3.63) is 106 Å². The molecule has 0 radical (unpaired) electrons. The molecule has 0 saturated carbocycles. The van der Waals surface area contributed by atoms with Gasteiger partial charge in [-0.2, -0.15) is 0 Å². The number of nitrogens with one attached hydrogen (secondary N) is 1. The van der Waals surface area contributed by atoms with Crippen molar-refractivity contribution in [2.24, 2.45) is 0 Å². The first-order valence-electron chi connectivity index (χ1n) is 13.3. The Bertz CT molecular complexity index is 1500. The third-order valence-electron chi connectivity index (χ3n) is 7.87. The Morgan fingerprint density at radius 2 is 1.69 bits per heavy atom. The van der Waals surface area contributed by atoms with Gasteiger partial charge in [0, 0.05) is 52.8 Å². The minimum absolute atomic E-state index is 0.0823. The lowest BCUT2D eigenvalue weighted by Crippen LogP contribution is -2.36. The number of pyridine rings is 1. The van der Waals surface area contributed by atoms with Crippen LogP contribution in [-0.2, 0) is 4.74 Å². The van der Waals surface area contributed by atoms with Gasteiger partial charge in [0.2, 0.25) is 0 Å². The summed E-state index contributed by atoms with van der Waals surface area (Å²) in [6, 6.07) is 22.9. The summed E-state index contributed by atoms with van der Waals surface area (Å²) in [5, 5.41) is 5.05. The maximum Gasteiger partial charge on any atom is 0.174 e. The van der Waals surface area contributed by atoms with Crippen molar-refractivity contribution in [1.82, 2.24) is 14.9 Å². The molecule has 6 rings (SSSR count). The van der Waals surface area contributed by atoms with Gasteiger partial charge in [0.15, 0.2) is 5.11 Å². The zero-order valence-electron chi connectivity index (χ0n) is 22.4. The molecular weight excluding hydrogens is 526 g/mol. The highest BCUT2D eigenvalue weighted by Gasteiger charge is 2.42. The van der Waals surface area contributed by atoms with Gasteiger partial charge in [-0.15, -0.1) is 0 Å². The SMILES string of the molecule is Cc1c(Cl)cccc1-n1c(C)cc(C2C(c3ccccn3)NC(=S)N2c2ccc(N3CCOCC3)cc2)c1C. The molecule has 2 aromatic heterocycles. The van der Waals surface area contributed by atoms with E-state index in [4.69, 9.17) is 33.5 Å². The van der Waals surface area contributed by atoms with Crippen LogP contribution in [0.3, 0.4) is 0 Å². The Morgan fingerprint density at radius 3 is 2.41 bits per heavy atom. The lowest BCUT2D eigenvalue weighted by Gasteiger charge is -2.31. The first kappa shape index (κ1) is 25.9. The Labute approximate surface area is 240 Å². The van der Waals surface area contributed by atoms with Crippen molar-refractivity contribution < 1.29 is 4.74 Å². The van der Waals surface area contributed by atoms with Gasteiger partial charge < -0.3 is 24.4 Å². The number of morpholine rings is 1. The van der Waals surface area contributed by atoms with Crippen molar-refractivity contribution >= 4 is 40.3 Å². The maximum absolute atomic E-state index is 6.53. The Hall–Kier alpha value is -3.39. The first-order chi connectivity index (χ1) is 18.9. The molecular formula is C31H32ClN5OS. The molecule has 2 fully saturated rings. The van der Waals surface area contributed by atoms with E-state index in [1.54, 1.807) is 0 Å². The quantitative estimate of drug-likeness (QED) is 0.284. The summed E-state index contributed by atoms with van der Waals surface area (Å²) < 4.78 is 7.83. The molecule has 2 saturated heterocycles. The van der Waals surface area contributed by atoms with Crippen molar-refractivity contribution in [3.63, 3.8) is 0 Å². The normalized spacial score (nSPS) is 19.4. The van der Waals surface area contributed by atoms with Crippen LogP contribution in [0.1, 0.15) is 40.3 Å². The van der Waals surface area contributed by atoms with Crippen LogP contribution in [0.15, 0.2) is 72.9 Å². The molecule has 1 N–H and O–H groups in total. The van der Waals surface area contributed by atoms with E-state index in [1.807, 2.05) is 30.5 Å². The standard InChI is InChI=1S/C31H32ClN5OS/c1-20-19-25(22(3)36(20)28-9-6-7-26(32)21(28)2)30-29(27-8-4-5-14-33-27)34-31(39)37(30)24-12-10-23(11-13-24)35-15-17-38-18-16-35/h4-14,19,29-30H,15-18H2,1-3H3,(H,34,39). The molecule has 4 heterocycles. The monoisotopic (exact) mass is 557 g/mol. The molecule has 0 aliphatic carbocycles. The van der Waals surface area contributed by atoms with Gasteiger partial charge in [-0.05, 0) is 98.7 Å². The fraction of sp³-hybridized carbons (Fsp3) is 0.290. The number of hydrogen-bond donors (Lipinski definition) is 1. The second-order valence-corrected chi connectivity index (χ2v) is 11.0. The van der Waals surface area contributed by atoms with Crippen LogP contribution in [0.2, 0.25) is 5.02 Å². The average Bonchev–Trinajstić information content (AvgIpc) is 3.46. The van der Waals surface area contributed by atoms with Crippen LogP contribution in [-0.4, -0.2) is 41.0 Å². The molecule has 200 valence electrons. The molecule has 6 nitrogen and oxygen atoms in total. The van der Waals surface area contributed by atoms with Crippen LogP contribution in [0.25, 0.3) is 5.69 Å². The second kappa shape index (κ2) is 10.6. The topological polar surface area (TPSA) is 45.6 Å². The van der Waals surface area contributed by atoms with Crippen LogP contribution in [0.5, 0.6) is 0 Å². The molecule has 39 heavy (non-hydrogen) atoms. The summed E-state index contributed by atoms with van der Waals surface area (Å²) in [6.45, 7) is 9.73. The zero-order chi connectivity index (χ0) is 27.1. The van der Waals surface area contributed by atoms with Crippen molar-refractivity contribution in [1.29, 1.82) is 0 Å². The predicted octanol–water partition coefficient (Wildman–Crippen LogP) is 6.46. The van der Waals surface area contributed by atoms with Crippen LogP contribution in [0.4, 0.5) is 11.4 Å². The number of halogens is 1. The first-order valence-corrected chi connectivity index (χ1v) is 14.1. The van der Waals surface area contributed by atoms with Crippen molar-refractivity contribution in [2.45, 2.75) is 32.9 Å². The molecule has 2 aliphatic heterocycles. The summed E-state index contributed by atoms with van der Waals surface area (Å²) in [5.41, 5.74) is 8.87. The Balaban J connectivity index is 1.45. The molecule has 2 atom stereocenters. The molecule has 2 aromatic carbocycles. The summed E-state index contributed by atoms with van der Waals surface area (Å²) in [4.78, 5) is 9.33. The van der Waals surface area contributed by atoms with Gasteiger partial charge in [0.25, 0.3) is 0 Å². The number of aryl methyl sites for hydroxylation is 1. The molecule has 0 bridgehead atoms. The van der Waals surface area contributed by atoms with Crippen LogP contribution >= 0.6 is 23.8 Å². The third-order valence-corrected chi connectivity index (χ3v) is 8.60. The van der Waals surface area contributed by atoms with E-state index in [-0.39, 0.29) is 12.1 Å². The third kappa shape index (κ3) is 4.69. The predicted molar refractivity (Wildman–Crippen MR) is 162 cm³/mol. The number of thiocarbonyl (C=S) groups is 1. The fourth-order valence-electron chi connectivity index (χ4n) is 5.89. The number of rotatable bonds is 5. The van der Waals surface area contributed by atoms with Crippen LogP contribution in [0, 0.1) is 20.8 Å². The van der Waals surface area contributed by atoms with E-state index in [0.29, 0.717) is 5.11 Å². The molecule has 0 amide bonds. The van der Waals surface area contributed by atoms with E-state index >= 15 is 0 Å². The van der Waals surface area contributed by atoms with E-state index in [1.165, 1.54) is 11.3 Å². The number of hydrogen-bond acceptors (Lipinski definition) is 4. The molecule has 4 aromatic rings. The highest BCUT2D eigenvalue weighted by Crippen LogP contribution is 2.44. The van der Waals surface area contributed by atoms with E-state index in [0.717, 1.165) is 65.3 Å². The summed E-state index contributed by atoms with van der Waals surface area (Å²) in [5.74, 6) is 0. The van der Waals surface area contributed by atoms with Gasteiger partial charge in [0.05, 0.1) is 31.0 Å². The minimum atomic E-state index is -0.105. The van der Waals surface area contributed by atoms with Gasteiger partial charge in [-0.3, -0.25) is 4.98 Å². The number of benzene rings is 2. The number of ether oxygens (including phenoxy) is 1. The van der Waals surface area contributed by atoms with Gasteiger partial charge in [-0.25, -0.2) is 0 Å². The maximum atomic E-state index is 6.53. The number of nitrogens with zero attached hydrogens (tertiary/aromatic N) is 4. The average molecular weight is 558 g/mol. The molecule has 2 unspecified atom stereocenters. The van der Waals surface area contributed by atoms with Gasteiger partial charge >= 0.3 is 0 Å². The Kier molecular flexibility index (Phi) is 7.06. The van der Waals surface area contributed by atoms with E-state index in [9.17, 15) is 0 Å².